The first-order chi connectivity index (χ1) is 15.7. The van der Waals surface area contributed by atoms with E-state index < -0.39 is 45.8 Å². The van der Waals surface area contributed by atoms with Crippen molar-refractivity contribution in [2.45, 2.75) is 77.0 Å². The standard InChI is InChI=1S/C26H39NO7/c1-7-23(4)15-17(28)21-24(5)18(22(2,3)8-9-26(24,30)31)14-19(25(21,6)34-23)33-20(29)16-27-10-12-32-13-11-27/h7,14,19,21,30-31H,1,8-13,15-16H2,2-6H3/t19-,21+,23-,24-,25+/m0/s1. The molecule has 34 heavy (non-hydrogen) atoms. The number of Topliss-reactive ketones (excluding diaryl/α,β-unsaturated/α-hetero) is 1. The molecule has 2 N–H and O–H groups in total. The van der Waals surface area contributed by atoms with Crippen LogP contribution in [0.25, 0.3) is 0 Å². The maximum Gasteiger partial charge on any atom is 0.320 e. The Morgan fingerprint density at radius 3 is 2.47 bits per heavy atom. The number of ether oxygens (including phenoxy) is 3. The molecule has 0 aromatic heterocycles. The lowest BCUT2D eigenvalue weighted by molar-refractivity contribution is -0.306. The molecule has 2 saturated heterocycles. The number of esters is 1. The Morgan fingerprint density at radius 2 is 1.85 bits per heavy atom. The van der Waals surface area contributed by atoms with Gasteiger partial charge in [0.15, 0.2) is 5.79 Å². The van der Waals surface area contributed by atoms with Crippen LogP contribution in [0.4, 0.5) is 0 Å². The Kier molecular flexibility index (Phi) is 6.18. The highest BCUT2D eigenvalue weighted by Gasteiger charge is 2.71. The predicted molar refractivity (Wildman–Crippen MR) is 125 cm³/mol. The quantitative estimate of drug-likeness (QED) is 0.360. The van der Waals surface area contributed by atoms with E-state index in [1.165, 1.54) is 0 Å². The van der Waals surface area contributed by atoms with Crippen LogP contribution in [0, 0.1) is 16.7 Å². The number of morpholine rings is 1. The van der Waals surface area contributed by atoms with Gasteiger partial charge in [0.1, 0.15) is 17.5 Å². The fraction of sp³-hybridized carbons (Fsp3) is 0.769. The lowest BCUT2D eigenvalue weighted by Crippen LogP contribution is -2.73. The molecule has 8 heteroatoms. The third-order valence-electron chi connectivity index (χ3n) is 8.70. The van der Waals surface area contributed by atoms with Gasteiger partial charge in [0.2, 0.25) is 0 Å². The van der Waals surface area contributed by atoms with Crippen LogP contribution in [0.2, 0.25) is 0 Å². The van der Waals surface area contributed by atoms with E-state index in [-0.39, 0.29) is 25.2 Å². The number of ketones is 1. The van der Waals surface area contributed by atoms with Crippen LogP contribution in [0.3, 0.4) is 0 Å². The minimum Gasteiger partial charge on any atom is -0.454 e. The molecule has 4 aliphatic rings. The van der Waals surface area contributed by atoms with Crippen molar-refractivity contribution in [1.29, 1.82) is 0 Å². The molecule has 2 aliphatic heterocycles. The molecule has 0 aromatic carbocycles. The molecule has 0 spiro atoms. The number of aliphatic hydroxyl groups is 2. The summed E-state index contributed by atoms with van der Waals surface area (Å²) in [7, 11) is 0. The van der Waals surface area contributed by atoms with Gasteiger partial charge in [-0.25, -0.2) is 0 Å². The fourth-order valence-corrected chi connectivity index (χ4v) is 6.77. The van der Waals surface area contributed by atoms with Crippen molar-refractivity contribution < 1.29 is 34.0 Å². The van der Waals surface area contributed by atoms with Gasteiger partial charge in [0, 0.05) is 25.9 Å². The van der Waals surface area contributed by atoms with E-state index in [1.807, 2.05) is 24.8 Å². The Hall–Kier alpha value is -1.58. The number of hydrogen-bond donors (Lipinski definition) is 2. The van der Waals surface area contributed by atoms with Crippen LogP contribution in [-0.2, 0) is 23.8 Å². The van der Waals surface area contributed by atoms with Gasteiger partial charge in [-0.15, -0.1) is 6.58 Å². The number of rotatable bonds is 4. The molecule has 4 rings (SSSR count). The van der Waals surface area contributed by atoms with Gasteiger partial charge in [-0.1, -0.05) is 25.5 Å². The van der Waals surface area contributed by atoms with Crippen molar-refractivity contribution in [3.8, 4) is 0 Å². The third-order valence-corrected chi connectivity index (χ3v) is 8.70. The van der Waals surface area contributed by atoms with Crippen LogP contribution in [0.15, 0.2) is 24.3 Å². The zero-order valence-electron chi connectivity index (χ0n) is 21.1. The molecule has 0 radical (unpaired) electrons. The molecule has 190 valence electrons. The highest BCUT2D eigenvalue weighted by atomic mass is 16.6. The first kappa shape index (κ1) is 25.5. The van der Waals surface area contributed by atoms with Gasteiger partial charge in [-0.3, -0.25) is 14.5 Å². The fourth-order valence-electron chi connectivity index (χ4n) is 6.77. The average Bonchev–Trinajstić information content (AvgIpc) is 2.73. The number of carbonyl (C=O) groups excluding carboxylic acids is 2. The summed E-state index contributed by atoms with van der Waals surface area (Å²) < 4.78 is 17.9. The molecule has 2 heterocycles. The lowest BCUT2D eigenvalue weighted by Gasteiger charge is -2.64. The van der Waals surface area contributed by atoms with Crippen LogP contribution < -0.4 is 0 Å². The molecule has 1 saturated carbocycles. The Bertz CT molecular complexity index is 905. The number of fused-ring (bicyclic) bond motifs is 3. The summed E-state index contributed by atoms with van der Waals surface area (Å²) in [5.74, 6) is -3.58. The molecule has 3 fully saturated rings. The van der Waals surface area contributed by atoms with Gasteiger partial charge in [0.25, 0.3) is 0 Å². The van der Waals surface area contributed by atoms with E-state index in [0.717, 1.165) is 5.57 Å². The SMILES string of the molecule is C=C[C@@]1(C)CC(=O)[C@H]2[C@](C)(O1)[C@@H](OC(=O)CN1CCOCC1)C=C1C(C)(C)CCC(O)(O)[C@@]12C. The highest BCUT2D eigenvalue weighted by molar-refractivity contribution is 5.87. The first-order valence-corrected chi connectivity index (χ1v) is 12.2. The van der Waals surface area contributed by atoms with Gasteiger partial charge in [-0.05, 0) is 38.7 Å². The zero-order chi connectivity index (χ0) is 25.2. The van der Waals surface area contributed by atoms with E-state index >= 15 is 0 Å². The normalized spacial score (nSPS) is 41.6. The van der Waals surface area contributed by atoms with Gasteiger partial charge >= 0.3 is 5.97 Å². The average molecular weight is 478 g/mol. The second-order valence-electron chi connectivity index (χ2n) is 11.7. The molecule has 8 nitrogen and oxygen atoms in total. The van der Waals surface area contributed by atoms with Crippen LogP contribution >= 0.6 is 0 Å². The lowest BCUT2D eigenvalue weighted by atomic mass is 9.45. The summed E-state index contributed by atoms with van der Waals surface area (Å²) in [5.41, 5.74) is -3.25. The minimum atomic E-state index is -2.11. The summed E-state index contributed by atoms with van der Waals surface area (Å²) in [6.07, 6.45) is 3.26. The molecule has 0 amide bonds. The Labute approximate surface area is 201 Å². The molecule has 0 unspecified atom stereocenters. The highest BCUT2D eigenvalue weighted by Crippen LogP contribution is 2.65. The smallest absolute Gasteiger partial charge is 0.320 e. The monoisotopic (exact) mass is 477 g/mol. The molecular weight excluding hydrogens is 438 g/mol. The topological polar surface area (TPSA) is 106 Å². The second-order valence-corrected chi connectivity index (χ2v) is 11.7. The molecule has 0 bridgehead atoms. The van der Waals surface area contributed by atoms with Crippen molar-refractivity contribution in [2.75, 3.05) is 32.8 Å². The number of nitrogens with zero attached hydrogens (tertiary/aromatic N) is 1. The summed E-state index contributed by atoms with van der Waals surface area (Å²) in [6, 6.07) is 0. The van der Waals surface area contributed by atoms with E-state index in [4.69, 9.17) is 14.2 Å². The second kappa shape index (κ2) is 8.23. The maximum atomic E-state index is 13.8. The summed E-state index contributed by atoms with van der Waals surface area (Å²) in [4.78, 5) is 28.8. The summed E-state index contributed by atoms with van der Waals surface area (Å²) in [6.45, 7) is 15.7. The predicted octanol–water partition coefficient (Wildman–Crippen LogP) is 1.99. The first-order valence-electron chi connectivity index (χ1n) is 12.2. The van der Waals surface area contributed by atoms with Crippen molar-refractivity contribution in [1.82, 2.24) is 4.90 Å². The van der Waals surface area contributed by atoms with Crippen LogP contribution in [0.1, 0.15) is 53.9 Å². The third kappa shape index (κ3) is 3.88. The van der Waals surface area contributed by atoms with Crippen LogP contribution in [-0.4, -0.2) is 82.8 Å². The molecular formula is C26H39NO7. The largest absolute Gasteiger partial charge is 0.454 e. The molecule has 5 atom stereocenters. The van der Waals surface area contributed by atoms with E-state index in [2.05, 4.69) is 6.58 Å². The van der Waals surface area contributed by atoms with Crippen LogP contribution in [0.5, 0.6) is 0 Å². The van der Waals surface area contributed by atoms with Crippen molar-refractivity contribution >= 4 is 11.8 Å². The van der Waals surface area contributed by atoms with Gasteiger partial charge in [-0.2, -0.15) is 0 Å². The Morgan fingerprint density at radius 1 is 1.21 bits per heavy atom. The van der Waals surface area contributed by atoms with Crippen molar-refractivity contribution in [3.05, 3.63) is 24.3 Å². The molecule has 2 aliphatic carbocycles. The number of hydrogen-bond acceptors (Lipinski definition) is 8. The van der Waals surface area contributed by atoms with E-state index in [0.29, 0.717) is 32.7 Å². The van der Waals surface area contributed by atoms with Gasteiger partial charge < -0.3 is 24.4 Å². The van der Waals surface area contributed by atoms with E-state index in [1.54, 1.807) is 26.8 Å². The van der Waals surface area contributed by atoms with Crippen molar-refractivity contribution in [3.63, 3.8) is 0 Å². The molecule has 0 aromatic rings. The number of carbonyl (C=O) groups is 2. The van der Waals surface area contributed by atoms with Crippen molar-refractivity contribution in [2.24, 2.45) is 16.7 Å². The maximum absolute atomic E-state index is 13.8. The summed E-state index contributed by atoms with van der Waals surface area (Å²) >= 11 is 0. The summed E-state index contributed by atoms with van der Waals surface area (Å²) in [5, 5.41) is 22.5. The van der Waals surface area contributed by atoms with Gasteiger partial charge in [0.05, 0.1) is 36.7 Å². The van der Waals surface area contributed by atoms with E-state index in [9.17, 15) is 19.8 Å². The minimum absolute atomic E-state index is 0.0601. The Balaban J connectivity index is 1.79. The zero-order valence-corrected chi connectivity index (χ0v) is 21.1.